The molecule has 0 spiro atoms. The van der Waals surface area contributed by atoms with Gasteiger partial charge in [-0.05, 0) is 31.0 Å². The third-order valence-corrected chi connectivity index (χ3v) is 3.87. The summed E-state index contributed by atoms with van der Waals surface area (Å²) in [5.41, 5.74) is -0.0802. The van der Waals surface area contributed by atoms with E-state index in [1.54, 1.807) is 0 Å². The molecule has 0 saturated carbocycles. The second-order valence-electron chi connectivity index (χ2n) is 3.48. The first kappa shape index (κ1) is 14.4. The lowest BCUT2D eigenvalue weighted by atomic mass is 10.3. The van der Waals surface area contributed by atoms with E-state index in [2.05, 4.69) is 20.7 Å². The molecule has 1 rings (SSSR count). The lowest BCUT2D eigenvalue weighted by Crippen LogP contribution is -2.17. The summed E-state index contributed by atoms with van der Waals surface area (Å²) in [6, 6.07) is 4.02. The highest BCUT2D eigenvalue weighted by Crippen LogP contribution is 2.21. The fourth-order valence-electron chi connectivity index (χ4n) is 1.20. The van der Waals surface area contributed by atoms with Crippen molar-refractivity contribution in [1.29, 1.82) is 0 Å². The Morgan fingerprint density at radius 2 is 2.06 bits per heavy atom. The van der Waals surface area contributed by atoms with Crippen molar-refractivity contribution < 1.29 is 17.9 Å². The third kappa shape index (κ3) is 5.01. The number of anilines is 1. The minimum Gasteiger partial charge on any atom is -0.396 e. The molecule has 96 valence electrons. The van der Waals surface area contributed by atoms with Gasteiger partial charge in [0.15, 0.2) is 0 Å². The highest BCUT2D eigenvalue weighted by Gasteiger charge is 2.13. The van der Waals surface area contributed by atoms with E-state index in [-0.39, 0.29) is 18.0 Å². The zero-order valence-electron chi connectivity index (χ0n) is 8.99. The van der Waals surface area contributed by atoms with Gasteiger partial charge < -0.3 is 5.11 Å². The first-order valence-electron chi connectivity index (χ1n) is 5.01. The number of hydrogen-bond acceptors (Lipinski definition) is 3. The van der Waals surface area contributed by atoms with Gasteiger partial charge in [0.2, 0.25) is 10.0 Å². The molecule has 0 bridgehead atoms. The molecule has 0 aliphatic heterocycles. The molecule has 7 heteroatoms. The zero-order chi connectivity index (χ0) is 12.9. The Labute approximate surface area is 108 Å². The number of unbranched alkanes of at least 4 members (excludes halogenated alkanes) is 1. The molecule has 1 aromatic carbocycles. The van der Waals surface area contributed by atoms with E-state index in [0.29, 0.717) is 17.3 Å². The van der Waals surface area contributed by atoms with Crippen molar-refractivity contribution >= 4 is 31.6 Å². The highest BCUT2D eigenvalue weighted by atomic mass is 79.9. The van der Waals surface area contributed by atoms with Crippen LogP contribution in [0.25, 0.3) is 0 Å². The maximum atomic E-state index is 13.3. The number of rotatable bonds is 6. The Bertz CT molecular complexity index is 478. The Kier molecular flexibility index (Phi) is 5.35. The van der Waals surface area contributed by atoms with Crippen LogP contribution in [0.15, 0.2) is 22.7 Å². The molecule has 0 saturated heterocycles. The quantitative estimate of drug-likeness (QED) is 0.787. The molecular formula is C10H13BrFNO3S. The first-order valence-corrected chi connectivity index (χ1v) is 7.45. The average Bonchev–Trinajstić information content (AvgIpc) is 2.23. The van der Waals surface area contributed by atoms with Crippen LogP contribution in [0, 0.1) is 5.82 Å². The van der Waals surface area contributed by atoms with E-state index in [1.165, 1.54) is 18.2 Å². The lowest BCUT2D eigenvalue weighted by molar-refractivity contribution is 0.287. The maximum absolute atomic E-state index is 13.3. The third-order valence-electron chi connectivity index (χ3n) is 2.02. The summed E-state index contributed by atoms with van der Waals surface area (Å²) in [4.78, 5) is 0. The molecule has 17 heavy (non-hydrogen) atoms. The summed E-state index contributed by atoms with van der Waals surface area (Å²) < 4.78 is 39.2. The van der Waals surface area contributed by atoms with Crippen LogP contribution in [0.3, 0.4) is 0 Å². The van der Waals surface area contributed by atoms with Crippen molar-refractivity contribution in [2.75, 3.05) is 17.1 Å². The second kappa shape index (κ2) is 6.32. The van der Waals surface area contributed by atoms with Crippen LogP contribution in [0.1, 0.15) is 12.8 Å². The monoisotopic (exact) mass is 325 g/mol. The van der Waals surface area contributed by atoms with Crippen molar-refractivity contribution in [3.8, 4) is 0 Å². The summed E-state index contributed by atoms with van der Waals surface area (Å²) in [5, 5.41) is 8.55. The molecule has 0 atom stereocenters. The van der Waals surface area contributed by atoms with Crippen molar-refractivity contribution in [1.82, 2.24) is 0 Å². The normalized spacial score (nSPS) is 11.5. The number of hydrogen-bond donors (Lipinski definition) is 2. The Balaban J connectivity index is 2.72. The lowest BCUT2D eigenvalue weighted by Gasteiger charge is -2.08. The summed E-state index contributed by atoms with van der Waals surface area (Å²) in [5.74, 6) is -0.765. The van der Waals surface area contributed by atoms with Gasteiger partial charge in [-0.25, -0.2) is 12.8 Å². The Morgan fingerprint density at radius 3 is 2.71 bits per heavy atom. The molecule has 0 aliphatic rings. The zero-order valence-corrected chi connectivity index (χ0v) is 11.4. The minimum absolute atomic E-state index is 0.0548. The second-order valence-corrected chi connectivity index (χ2v) is 6.23. The Morgan fingerprint density at radius 1 is 1.35 bits per heavy atom. The van der Waals surface area contributed by atoms with Crippen molar-refractivity contribution in [3.63, 3.8) is 0 Å². The van der Waals surface area contributed by atoms with E-state index >= 15 is 0 Å². The van der Waals surface area contributed by atoms with Crippen LogP contribution in [0.5, 0.6) is 0 Å². The van der Waals surface area contributed by atoms with Crippen LogP contribution in [-0.2, 0) is 10.0 Å². The van der Waals surface area contributed by atoms with Gasteiger partial charge in [0.1, 0.15) is 5.82 Å². The molecule has 0 fully saturated rings. The fraction of sp³-hybridized carbons (Fsp3) is 0.400. The molecule has 0 amide bonds. The SMILES string of the molecule is O=S(=O)(CCCCO)Nc1cc(Br)ccc1F. The van der Waals surface area contributed by atoms with Crippen LogP contribution in [0.2, 0.25) is 0 Å². The van der Waals surface area contributed by atoms with E-state index in [1.807, 2.05) is 0 Å². The van der Waals surface area contributed by atoms with Crippen LogP contribution in [-0.4, -0.2) is 25.9 Å². The van der Waals surface area contributed by atoms with Crippen molar-refractivity contribution in [2.24, 2.45) is 0 Å². The molecule has 4 nitrogen and oxygen atoms in total. The largest absolute Gasteiger partial charge is 0.396 e. The van der Waals surface area contributed by atoms with Crippen molar-refractivity contribution in [2.45, 2.75) is 12.8 Å². The summed E-state index contributed by atoms with van der Waals surface area (Å²) in [6.45, 7) is -0.0548. The average molecular weight is 326 g/mol. The number of halogens is 2. The van der Waals surface area contributed by atoms with Gasteiger partial charge in [-0.2, -0.15) is 0 Å². The first-order chi connectivity index (χ1) is 7.94. The molecular weight excluding hydrogens is 313 g/mol. The van der Waals surface area contributed by atoms with E-state index in [0.717, 1.165) is 0 Å². The summed E-state index contributed by atoms with van der Waals surface area (Å²) in [7, 11) is -3.57. The van der Waals surface area contributed by atoms with Gasteiger partial charge >= 0.3 is 0 Å². The number of nitrogens with one attached hydrogen (secondary N) is 1. The van der Waals surface area contributed by atoms with Crippen LogP contribution in [0.4, 0.5) is 10.1 Å². The molecule has 0 aromatic heterocycles. The van der Waals surface area contributed by atoms with Crippen molar-refractivity contribution in [3.05, 3.63) is 28.5 Å². The molecule has 0 heterocycles. The predicted octanol–water partition coefficient (Wildman–Crippen LogP) is 2.10. The maximum Gasteiger partial charge on any atom is 0.232 e. The number of aliphatic hydroxyl groups excluding tert-OH is 1. The van der Waals surface area contributed by atoms with E-state index in [9.17, 15) is 12.8 Å². The van der Waals surface area contributed by atoms with Crippen LogP contribution >= 0.6 is 15.9 Å². The minimum atomic E-state index is -3.57. The van der Waals surface area contributed by atoms with Gasteiger partial charge in [-0.1, -0.05) is 15.9 Å². The standard InChI is InChI=1S/C10H13BrFNO3S/c11-8-3-4-9(12)10(7-8)13-17(15,16)6-2-1-5-14/h3-4,7,13-14H,1-2,5-6H2. The van der Waals surface area contributed by atoms with Crippen LogP contribution < -0.4 is 4.72 Å². The summed E-state index contributed by atoms with van der Waals surface area (Å²) >= 11 is 3.13. The smallest absolute Gasteiger partial charge is 0.232 e. The number of sulfonamides is 1. The highest BCUT2D eigenvalue weighted by molar-refractivity contribution is 9.10. The fourth-order valence-corrected chi connectivity index (χ4v) is 2.74. The van der Waals surface area contributed by atoms with Gasteiger partial charge in [0.05, 0.1) is 11.4 Å². The number of benzene rings is 1. The van der Waals surface area contributed by atoms with Gasteiger partial charge in [0, 0.05) is 11.1 Å². The number of aliphatic hydroxyl groups is 1. The topological polar surface area (TPSA) is 66.4 Å². The Hall–Kier alpha value is -0.660. The van der Waals surface area contributed by atoms with E-state index in [4.69, 9.17) is 5.11 Å². The van der Waals surface area contributed by atoms with E-state index < -0.39 is 15.8 Å². The van der Waals surface area contributed by atoms with Gasteiger partial charge in [0.25, 0.3) is 0 Å². The predicted molar refractivity (Wildman–Crippen MR) is 67.8 cm³/mol. The molecule has 0 radical (unpaired) electrons. The molecule has 2 N–H and O–H groups in total. The summed E-state index contributed by atoms with van der Waals surface area (Å²) in [6.07, 6.45) is 0.739. The molecule has 1 aromatic rings. The van der Waals surface area contributed by atoms with Gasteiger partial charge in [-0.3, -0.25) is 4.72 Å². The molecule has 0 unspecified atom stereocenters. The van der Waals surface area contributed by atoms with Gasteiger partial charge in [-0.15, -0.1) is 0 Å². The molecule has 0 aliphatic carbocycles.